The first-order valence-electron chi connectivity index (χ1n) is 23.4. The number of cyclic esters (lactones) is 1. The molecule has 3 saturated heterocycles. The Hall–Kier alpha value is -4.80. The first-order valence-corrected chi connectivity index (χ1v) is 23.4. The molecule has 1 amide bonds. The molecule has 15 heteroatoms. The molecule has 360 valence electrons. The number of hydrogen-bond acceptors (Lipinski definition) is 12. The maximum absolute atomic E-state index is 17.1. The van der Waals surface area contributed by atoms with Gasteiger partial charge in [-0.2, -0.15) is 5.10 Å². The van der Waals surface area contributed by atoms with Crippen LogP contribution in [0.1, 0.15) is 87.5 Å². The minimum atomic E-state index is -3.20. The van der Waals surface area contributed by atoms with Crippen LogP contribution in [0.15, 0.2) is 79.4 Å². The molecule has 0 bridgehead atoms. The van der Waals surface area contributed by atoms with Gasteiger partial charge in [-0.05, 0) is 71.4 Å². The molecule has 66 heavy (non-hydrogen) atoms. The zero-order valence-corrected chi connectivity index (χ0v) is 39.9. The Labute approximate surface area is 388 Å². The highest BCUT2D eigenvalue weighted by Crippen LogP contribution is 2.44. The molecule has 2 aromatic carbocycles. The van der Waals surface area contributed by atoms with Gasteiger partial charge in [-0.1, -0.05) is 94.4 Å². The highest BCUT2D eigenvalue weighted by atomic mass is 19.1. The number of nitrogens with one attached hydrogen (secondary N) is 1. The summed E-state index contributed by atoms with van der Waals surface area (Å²) in [7, 11) is 1.40. The Morgan fingerprint density at radius 1 is 0.955 bits per heavy atom. The number of nitrogens with zero attached hydrogens (tertiary/aromatic N) is 3. The van der Waals surface area contributed by atoms with E-state index in [1.807, 2.05) is 72.3 Å². The van der Waals surface area contributed by atoms with E-state index in [1.165, 1.54) is 18.9 Å². The van der Waals surface area contributed by atoms with Crippen LogP contribution < -0.4 is 5.32 Å². The van der Waals surface area contributed by atoms with E-state index in [1.54, 1.807) is 40.7 Å². The number of methoxy groups -OCH3 is 1. The van der Waals surface area contributed by atoms with E-state index in [-0.39, 0.29) is 31.3 Å². The van der Waals surface area contributed by atoms with Crippen LogP contribution in [0.5, 0.6) is 0 Å². The zero-order chi connectivity index (χ0) is 48.1. The number of unbranched alkanes of at least 4 members (excludes halogenated alkanes) is 1. The van der Waals surface area contributed by atoms with Gasteiger partial charge in [-0.3, -0.25) is 14.3 Å². The van der Waals surface area contributed by atoms with Crippen molar-refractivity contribution >= 4 is 23.6 Å². The van der Waals surface area contributed by atoms with E-state index in [9.17, 15) is 24.3 Å². The van der Waals surface area contributed by atoms with Crippen molar-refractivity contribution in [3.05, 3.63) is 79.4 Å². The number of Topliss-reactive ketones (excluding diaryl/α,β-unsaturated/α-hetero) is 2. The smallest absolute Gasteiger partial charge is 0.410 e. The SMILES string of the molecule is C=CCN[C@H]1C[C@@H](C)O[C@@H](O[C@@H]2[C@@H](C)C(=O)[C@](C)(F)C(=O)O[C@H](CC)[C@@]3(C)OC(=O)N(CCCCn4nc(-c5ccccc5)cc4-c4ccccc4)C3[C@@H](C)C(=O)[C@H](C)C[C@@]2(C)OC)[C@H]1O. The molecule has 3 aromatic rings. The highest BCUT2D eigenvalue weighted by molar-refractivity contribution is 6.08. The molecule has 13 atom stereocenters. The Kier molecular flexibility index (Phi) is 16.1. The molecule has 0 saturated carbocycles. The first kappa shape index (κ1) is 50.6. The Balaban J connectivity index is 1.30. The molecule has 3 aliphatic rings. The number of hydrogen-bond donors (Lipinski definition) is 2. The summed E-state index contributed by atoms with van der Waals surface area (Å²) >= 11 is 0. The van der Waals surface area contributed by atoms with Gasteiger partial charge >= 0.3 is 12.1 Å². The fourth-order valence-electron chi connectivity index (χ4n) is 10.4. The minimum Gasteiger partial charge on any atom is -0.455 e. The largest absolute Gasteiger partial charge is 0.455 e. The van der Waals surface area contributed by atoms with Gasteiger partial charge in [0.1, 0.15) is 18.0 Å². The zero-order valence-electron chi connectivity index (χ0n) is 39.9. The summed E-state index contributed by atoms with van der Waals surface area (Å²) in [4.78, 5) is 58.9. The van der Waals surface area contributed by atoms with Crippen molar-refractivity contribution in [3.63, 3.8) is 0 Å². The van der Waals surface area contributed by atoms with Gasteiger partial charge in [0.15, 0.2) is 17.7 Å². The molecule has 1 aromatic heterocycles. The molecule has 6 rings (SSSR count). The maximum Gasteiger partial charge on any atom is 0.410 e. The van der Waals surface area contributed by atoms with Crippen LogP contribution in [-0.2, 0) is 44.6 Å². The van der Waals surface area contributed by atoms with Crippen LogP contribution >= 0.6 is 0 Å². The van der Waals surface area contributed by atoms with Crippen molar-refractivity contribution in [2.75, 3.05) is 20.2 Å². The average molecular weight is 917 g/mol. The lowest BCUT2D eigenvalue weighted by molar-refractivity contribution is -0.290. The average Bonchev–Trinajstić information content (AvgIpc) is 3.85. The number of amides is 1. The second-order valence-electron chi connectivity index (χ2n) is 18.9. The van der Waals surface area contributed by atoms with E-state index in [0.29, 0.717) is 32.4 Å². The van der Waals surface area contributed by atoms with Gasteiger partial charge in [0.2, 0.25) is 0 Å². The Bertz CT molecular complexity index is 2170. The molecule has 3 fully saturated rings. The summed E-state index contributed by atoms with van der Waals surface area (Å²) in [5.41, 5.74) is -2.53. The molecule has 0 radical (unpaired) electrons. The number of fused-ring (bicyclic) bond motifs is 1. The molecule has 4 heterocycles. The Morgan fingerprint density at radius 3 is 2.21 bits per heavy atom. The molecule has 14 nitrogen and oxygen atoms in total. The van der Waals surface area contributed by atoms with Crippen molar-refractivity contribution in [1.29, 1.82) is 0 Å². The van der Waals surface area contributed by atoms with Crippen molar-refractivity contribution in [2.24, 2.45) is 17.8 Å². The fourth-order valence-corrected chi connectivity index (χ4v) is 10.4. The normalized spacial score (nSPS) is 34.6. The van der Waals surface area contributed by atoms with E-state index in [4.69, 9.17) is 28.8 Å². The number of aliphatic hydroxyl groups is 1. The van der Waals surface area contributed by atoms with Gasteiger partial charge in [-0.25, -0.2) is 14.0 Å². The highest BCUT2D eigenvalue weighted by Gasteiger charge is 2.61. The second-order valence-corrected chi connectivity index (χ2v) is 18.9. The lowest BCUT2D eigenvalue weighted by atomic mass is 9.73. The summed E-state index contributed by atoms with van der Waals surface area (Å²) in [6.45, 7) is 17.4. The van der Waals surface area contributed by atoms with Crippen LogP contribution in [0.25, 0.3) is 22.5 Å². The van der Waals surface area contributed by atoms with Crippen molar-refractivity contribution < 1.29 is 52.4 Å². The third-order valence-corrected chi connectivity index (χ3v) is 14.0. The molecule has 2 N–H and O–H groups in total. The van der Waals surface area contributed by atoms with Crippen molar-refractivity contribution in [3.8, 4) is 22.5 Å². The number of ketones is 2. The van der Waals surface area contributed by atoms with E-state index < -0.39 is 89.2 Å². The minimum absolute atomic E-state index is 0.0209. The molecular formula is C51H69FN4O10. The van der Waals surface area contributed by atoms with Crippen molar-refractivity contribution in [1.82, 2.24) is 20.0 Å². The molecule has 3 aliphatic heterocycles. The van der Waals surface area contributed by atoms with E-state index >= 15 is 4.39 Å². The monoisotopic (exact) mass is 916 g/mol. The third-order valence-electron chi connectivity index (χ3n) is 14.0. The summed E-state index contributed by atoms with van der Waals surface area (Å²) in [5.74, 6) is -5.90. The van der Waals surface area contributed by atoms with Gasteiger partial charge in [0, 0.05) is 56.1 Å². The van der Waals surface area contributed by atoms with Crippen LogP contribution in [0.3, 0.4) is 0 Å². The van der Waals surface area contributed by atoms with Crippen LogP contribution in [0.2, 0.25) is 0 Å². The first-order chi connectivity index (χ1) is 31.3. The van der Waals surface area contributed by atoms with Gasteiger partial charge in [0.05, 0.1) is 35.2 Å². The quantitative estimate of drug-likeness (QED) is 0.0709. The van der Waals surface area contributed by atoms with Crippen LogP contribution in [-0.4, -0.2) is 123 Å². The third kappa shape index (κ3) is 10.3. The van der Waals surface area contributed by atoms with E-state index in [2.05, 4.69) is 18.0 Å². The number of aliphatic hydroxyl groups excluding tert-OH is 1. The predicted molar refractivity (Wildman–Crippen MR) is 247 cm³/mol. The lowest BCUT2D eigenvalue weighted by Gasteiger charge is -2.46. The number of halogens is 1. The topological polar surface area (TPSA) is 168 Å². The number of esters is 1. The lowest BCUT2D eigenvalue weighted by Crippen LogP contribution is -2.62. The fraction of sp³-hybridized carbons (Fsp3) is 0.588. The number of rotatable bonds is 14. The van der Waals surface area contributed by atoms with Crippen LogP contribution in [0, 0.1) is 17.8 Å². The number of aromatic nitrogens is 2. The van der Waals surface area contributed by atoms with Gasteiger partial charge in [-0.15, -0.1) is 6.58 Å². The summed E-state index contributed by atoms with van der Waals surface area (Å²) in [6.07, 6.45) is -2.91. The number of benzene rings is 2. The van der Waals surface area contributed by atoms with Gasteiger partial charge in [0.25, 0.3) is 5.67 Å². The van der Waals surface area contributed by atoms with E-state index in [0.717, 1.165) is 29.4 Å². The summed E-state index contributed by atoms with van der Waals surface area (Å²) in [5, 5.41) is 19.7. The number of carbonyl (C=O) groups is 4. The summed E-state index contributed by atoms with van der Waals surface area (Å²) < 4.78 is 49.8. The molecule has 0 spiro atoms. The van der Waals surface area contributed by atoms with Gasteiger partial charge < -0.3 is 39.0 Å². The number of alkyl halides is 1. The number of ether oxygens (including phenoxy) is 5. The van der Waals surface area contributed by atoms with Crippen molar-refractivity contribution in [2.45, 2.75) is 154 Å². The standard InChI is InChI=1S/C51H69FN4O10/c1-11-25-53-38-28-32(4)63-46(42(38)58)65-45-34(6)44(59)50(8,52)47(60)64-40(12-2)51(9)43(33(5)41(57)31(3)30-49(45,7)62-10)55(48(61)66-51)26-19-20-27-56-39(36-23-17-14-18-24-36)29-37(54-56)35-21-15-13-16-22-35/h11,13-18,21-24,29,31-34,38,40,42-43,45-46,53,58H,1,12,19-20,25-28,30H2,2-10H3/t31-,32-,33+,34+,38+,40-,42+,43?,45-,46+,49-,50+,51-/m1/s1. The van der Waals surface area contributed by atoms with Crippen LogP contribution in [0.4, 0.5) is 9.18 Å². The summed E-state index contributed by atoms with van der Waals surface area (Å²) in [6, 6.07) is 20.6. The molecule has 1 unspecified atom stereocenters. The molecule has 0 aliphatic carbocycles. The second kappa shape index (κ2) is 21.0. The number of aryl methyl sites for hydroxylation is 1. The predicted octanol–water partition coefficient (Wildman–Crippen LogP) is 7.51. The Morgan fingerprint density at radius 2 is 1.59 bits per heavy atom. The molecular weight excluding hydrogens is 848 g/mol. The maximum atomic E-state index is 17.1. The number of carbonyl (C=O) groups excluding carboxylic acids is 4.